The summed E-state index contributed by atoms with van der Waals surface area (Å²) in [6, 6.07) is 1.07. The van der Waals surface area contributed by atoms with Gasteiger partial charge in [0.25, 0.3) is 5.91 Å². The van der Waals surface area contributed by atoms with Gasteiger partial charge in [0.1, 0.15) is 6.04 Å². The van der Waals surface area contributed by atoms with Crippen LogP contribution in [0, 0.1) is 6.92 Å². The number of carbonyl (C=O) groups excluding carboxylic acids is 1. The monoisotopic (exact) mass is 349 g/mol. The number of carboxylic acid groups (broad SMARTS) is 1. The Morgan fingerprint density at radius 3 is 2.72 bits per heavy atom. The summed E-state index contributed by atoms with van der Waals surface area (Å²) < 4.78 is 0.914. The quantitative estimate of drug-likeness (QED) is 0.891. The van der Waals surface area contributed by atoms with Crippen LogP contribution in [0.5, 0.6) is 0 Å². The fraction of sp³-hybridized carbons (Fsp3) is 0.455. The van der Waals surface area contributed by atoms with Crippen molar-refractivity contribution >= 4 is 50.9 Å². The molecule has 1 saturated heterocycles. The molecule has 0 saturated carbocycles. The Hall–Kier alpha value is -0.530. The molecule has 1 aliphatic rings. The molecule has 7 heteroatoms. The van der Waals surface area contributed by atoms with E-state index in [0.29, 0.717) is 10.6 Å². The molecule has 1 aromatic heterocycles. The van der Waals surface area contributed by atoms with E-state index >= 15 is 0 Å². The summed E-state index contributed by atoms with van der Waals surface area (Å²) in [4.78, 5) is 25.6. The van der Waals surface area contributed by atoms with E-state index in [0.717, 1.165) is 9.35 Å². The molecule has 1 N–H and O–H groups in total. The van der Waals surface area contributed by atoms with E-state index in [1.807, 2.05) is 13.8 Å². The summed E-state index contributed by atoms with van der Waals surface area (Å²) in [5.41, 5.74) is 0.995. The van der Waals surface area contributed by atoms with Crippen LogP contribution in [-0.2, 0) is 4.79 Å². The number of thiophene rings is 1. The zero-order chi connectivity index (χ0) is 13.4. The molecule has 1 aliphatic heterocycles. The van der Waals surface area contributed by atoms with Crippen LogP contribution >= 0.6 is 39.0 Å². The van der Waals surface area contributed by atoms with Crippen LogP contribution < -0.4 is 0 Å². The molecule has 0 spiro atoms. The van der Waals surface area contributed by atoms with Crippen molar-refractivity contribution in [1.82, 2.24) is 4.90 Å². The van der Waals surface area contributed by atoms with E-state index in [9.17, 15) is 9.59 Å². The maximum absolute atomic E-state index is 12.4. The van der Waals surface area contributed by atoms with E-state index in [1.54, 1.807) is 6.07 Å². The van der Waals surface area contributed by atoms with Gasteiger partial charge in [0.05, 0.1) is 14.0 Å². The number of thioether (sulfide) groups is 1. The number of halogens is 1. The summed E-state index contributed by atoms with van der Waals surface area (Å²) >= 11 is 6.22. The van der Waals surface area contributed by atoms with E-state index in [-0.39, 0.29) is 11.3 Å². The SMILES string of the molecule is Cc1cc(C(=O)N2C(C)SCC2C(=O)O)sc1Br. The van der Waals surface area contributed by atoms with Gasteiger partial charge in [-0.1, -0.05) is 0 Å². The third-order valence-corrected chi connectivity index (χ3v) is 6.15. The maximum Gasteiger partial charge on any atom is 0.327 e. The fourth-order valence-corrected chi connectivity index (χ4v) is 4.48. The lowest BCUT2D eigenvalue weighted by Crippen LogP contribution is -2.44. The van der Waals surface area contributed by atoms with Crippen molar-refractivity contribution in [3.05, 3.63) is 20.3 Å². The van der Waals surface area contributed by atoms with E-state index in [1.165, 1.54) is 28.0 Å². The van der Waals surface area contributed by atoms with Crippen molar-refractivity contribution in [3.63, 3.8) is 0 Å². The Balaban J connectivity index is 2.29. The number of hydrogen-bond donors (Lipinski definition) is 1. The molecule has 1 fully saturated rings. The lowest BCUT2D eigenvalue weighted by molar-refractivity contribution is -0.141. The third-order valence-electron chi connectivity index (χ3n) is 2.81. The first-order chi connectivity index (χ1) is 8.41. The fourth-order valence-electron chi connectivity index (χ4n) is 1.83. The topological polar surface area (TPSA) is 57.6 Å². The molecule has 2 heterocycles. The molecule has 2 unspecified atom stereocenters. The lowest BCUT2D eigenvalue weighted by atomic mass is 10.2. The number of nitrogens with zero attached hydrogens (tertiary/aromatic N) is 1. The predicted molar refractivity (Wildman–Crippen MR) is 76.3 cm³/mol. The minimum Gasteiger partial charge on any atom is -0.480 e. The number of carboxylic acids is 1. The molecule has 4 nitrogen and oxygen atoms in total. The van der Waals surface area contributed by atoms with Gasteiger partial charge in [-0.15, -0.1) is 23.1 Å². The summed E-state index contributed by atoms with van der Waals surface area (Å²) in [6.45, 7) is 3.77. The second kappa shape index (κ2) is 5.22. The van der Waals surface area contributed by atoms with Gasteiger partial charge in [-0.3, -0.25) is 4.79 Å². The number of aliphatic carboxylic acids is 1. The maximum atomic E-state index is 12.4. The van der Waals surface area contributed by atoms with E-state index in [2.05, 4.69) is 15.9 Å². The summed E-state index contributed by atoms with van der Waals surface area (Å²) in [5.74, 6) is -0.681. The van der Waals surface area contributed by atoms with Gasteiger partial charge in [-0.25, -0.2) is 4.79 Å². The Bertz CT molecular complexity index is 483. The Kier molecular flexibility index (Phi) is 4.03. The molecule has 1 aromatic rings. The third kappa shape index (κ3) is 2.44. The van der Waals surface area contributed by atoms with Gasteiger partial charge >= 0.3 is 5.97 Å². The van der Waals surface area contributed by atoms with Gasteiger partial charge in [0.15, 0.2) is 0 Å². The highest BCUT2D eigenvalue weighted by Crippen LogP contribution is 2.34. The molecule has 0 bridgehead atoms. The first-order valence-electron chi connectivity index (χ1n) is 5.35. The molecule has 0 aliphatic carbocycles. The number of carbonyl (C=O) groups is 2. The highest BCUT2D eigenvalue weighted by atomic mass is 79.9. The largest absolute Gasteiger partial charge is 0.480 e. The van der Waals surface area contributed by atoms with Gasteiger partial charge in [0.2, 0.25) is 0 Å². The summed E-state index contributed by atoms with van der Waals surface area (Å²) in [6.07, 6.45) is 0. The minimum atomic E-state index is -0.937. The molecule has 1 amide bonds. The van der Waals surface area contributed by atoms with Crippen molar-refractivity contribution in [2.75, 3.05) is 5.75 Å². The van der Waals surface area contributed by atoms with Crippen LogP contribution in [0.4, 0.5) is 0 Å². The Morgan fingerprint density at radius 1 is 1.56 bits per heavy atom. The predicted octanol–water partition coefficient (Wildman–Crippen LogP) is 2.81. The van der Waals surface area contributed by atoms with Gasteiger partial charge in [-0.2, -0.15) is 0 Å². The molecule has 98 valence electrons. The number of aryl methyl sites for hydroxylation is 1. The average Bonchev–Trinajstić information content (AvgIpc) is 2.83. The van der Waals surface area contributed by atoms with Gasteiger partial charge < -0.3 is 10.0 Å². The van der Waals surface area contributed by atoms with Crippen molar-refractivity contribution in [2.24, 2.45) is 0 Å². The van der Waals surface area contributed by atoms with E-state index < -0.39 is 12.0 Å². The number of hydrogen-bond acceptors (Lipinski definition) is 4. The van der Waals surface area contributed by atoms with E-state index in [4.69, 9.17) is 5.11 Å². The summed E-state index contributed by atoms with van der Waals surface area (Å²) in [5, 5.41) is 9.05. The molecular formula is C11H12BrNO3S2. The molecule has 2 atom stereocenters. The van der Waals surface area contributed by atoms with Gasteiger partial charge in [-0.05, 0) is 41.4 Å². The zero-order valence-electron chi connectivity index (χ0n) is 9.84. The zero-order valence-corrected chi connectivity index (χ0v) is 13.1. The number of rotatable bonds is 2. The minimum absolute atomic E-state index is 0.0974. The first kappa shape index (κ1) is 13.9. The van der Waals surface area contributed by atoms with Crippen molar-refractivity contribution in [3.8, 4) is 0 Å². The van der Waals surface area contributed by atoms with Crippen molar-refractivity contribution in [1.29, 1.82) is 0 Å². The van der Waals surface area contributed by atoms with Crippen LogP contribution in [-0.4, -0.2) is 39.1 Å². The Morgan fingerprint density at radius 2 is 2.22 bits per heavy atom. The van der Waals surface area contributed by atoms with Crippen LogP contribution in [0.3, 0.4) is 0 Å². The molecule has 0 aromatic carbocycles. The summed E-state index contributed by atoms with van der Waals surface area (Å²) in [7, 11) is 0. The molecule has 2 rings (SSSR count). The first-order valence-corrected chi connectivity index (χ1v) is 8.00. The Labute approximate surface area is 121 Å². The van der Waals surface area contributed by atoms with Crippen LogP contribution in [0.2, 0.25) is 0 Å². The second-order valence-electron chi connectivity index (χ2n) is 4.07. The molecular weight excluding hydrogens is 338 g/mol. The number of amides is 1. The van der Waals surface area contributed by atoms with Crippen molar-refractivity contribution < 1.29 is 14.7 Å². The normalized spacial score (nSPS) is 23.4. The van der Waals surface area contributed by atoms with Crippen molar-refractivity contribution in [2.45, 2.75) is 25.3 Å². The van der Waals surface area contributed by atoms with Crippen LogP contribution in [0.15, 0.2) is 9.85 Å². The average molecular weight is 350 g/mol. The molecule has 0 radical (unpaired) electrons. The smallest absolute Gasteiger partial charge is 0.327 e. The van der Waals surface area contributed by atoms with Crippen LogP contribution in [0.1, 0.15) is 22.2 Å². The standard InChI is InChI=1S/C11H12BrNO3S2/c1-5-3-8(18-9(5)12)10(14)13-6(2)17-4-7(13)11(15)16/h3,6-7H,4H2,1-2H3,(H,15,16). The molecule has 18 heavy (non-hydrogen) atoms. The highest BCUT2D eigenvalue weighted by molar-refractivity contribution is 9.11. The highest BCUT2D eigenvalue weighted by Gasteiger charge is 2.40. The van der Waals surface area contributed by atoms with Gasteiger partial charge in [0, 0.05) is 5.75 Å². The van der Waals surface area contributed by atoms with Crippen LogP contribution in [0.25, 0.3) is 0 Å². The second-order valence-corrected chi connectivity index (χ2v) is 7.79. The lowest BCUT2D eigenvalue weighted by Gasteiger charge is -2.24.